The van der Waals surface area contributed by atoms with Gasteiger partial charge in [0.1, 0.15) is 17.1 Å². The van der Waals surface area contributed by atoms with Crippen molar-refractivity contribution in [2.75, 3.05) is 6.61 Å². The molecule has 1 aromatic carbocycles. The van der Waals surface area contributed by atoms with Crippen molar-refractivity contribution in [3.8, 4) is 5.75 Å². The van der Waals surface area contributed by atoms with Crippen molar-refractivity contribution in [1.82, 2.24) is 16.0 Å². The zero-order chi connectivity index (χ0) is 18.6. The van der Waals surface area contributed by atoms with E-state index in [1.807, 2.05) is 25.1 Å². The molecule has 2 N–H and O–H groups in total. The molecule has 0 aliphatic heterocycles. The molecule has 0 spiro atoms. The zero-order valence-corrected chi connectivity index (χ0v) is 15.1. The molecule has 0 saturated heterocycles. The third-order valence-corrected chi connectivity index (χ3v) is 3.73. The van der Waals surface area contributed by atoms with Crippen molar-refractivity contribution in [3.05, 3.63) is 46.3 Å². The summed E-state index contributed by atoms with van der Waals surface area (Å²) in [6.45, 7) is 9.15. The first-order chi connectivity index (χ1) is 11.8. The minimum atomic E-state index is -0.483. The number of amides is 2. The molecule has 1 heterocycles. The molecule has 0 fully saturated rings. The Morgan fingerprint density at radius 2 is 1.92 bits per heavy atom. The molecule has 0 aliphatic rings. The minimum Gasteiger partial charge on any atom is -0.483 e. The highest BCUT2D eigenvalue weighted by atomic mass is 16.5. The largest absolute Gasteiger partial charge is 0.483 e. The van der Waals surface area contributed by atoms with E-state index >= 15 is 0 Å². The van der Waals surface area contributed by atoms with E-state index in [2.05, 4.69) is 29.9 Å². The van der Waals surface area contributed by atoms with Crippen LogP contribution in [0, 0.1) is 20.8 Å². The van der Waals surface area contributed by atoms with Crippen LogP contribution in [-0.2, 0) is 4.79 Å². The molecule has 0 unspecified atom stereocenters. The highest BCUT2D eigenvalue weighted by Crippen LogP contribution is 2.27. The maximum absolute atomic E-state index is 12.0. The Morgan fingerprint density at radius 1 is 1.20 bits per heavy atom. The van der Waals surface area contributed by atoms with E-state index in [0.29, 0.717) is 22.8 Å². The number of rotatable bonds is 5. The van der Waals surface area contributed by atoms with Crippen molar-refractivity contribution >= 4 is 11.8 Å². The van der Waals surface area contributed by atoms with Crippen LogP contribution in [0.25, 0.3) is 0 Å². The first kappa shape index (κ1) is 18.5. The average molecular weight is 345 g/mol. The van der Waals surface area contributed by atoms with E-state index in [-0.39, 0.29) is 12.5 Å². The van der Waals surface area contributed by atoms with E-state index < -0.39 is 11.8 Å². The second-order valence-corrected chi connectivity index (χ2v) is 6.19. The summed E-state index contributed by atoms with van der Waals surface area (Å²) >= 11 is 0. The predicted molar refractivity (Wildman–Crippen MR) is 92.3 cm³/mol. The zero-order valence-electron chi connectivity index (χ0n) is 15.1. The van der Waals surface area contributed by atoms with Crippen molar-refractivity contribution in [2.45, 2.75) is 40.5 Å². The molecule has 25 heavy (non-hydrogen) atoms. The Balaban J connectivity index is 1.91. The molecular weight excluding hydrogens is 322 g/mol. The lowest BCUT2D eigenvalue weighted by Crippen LogP contribution is -2.44. The predicted octanol–water partition coefficient (Wildman–Crippen LogP) is 2.56. The van der Waals surface area contributed by atoms with Gasteiger partial charge >= 0.3 is 0 Å². The molecular formula is C18H23N3O4. The van der Waals surface area contributed by atoms with Gasteiger partial charge in [-0.15, -0.1) is 0 Å². The fraction of sp³-hybridized carbons (Fsp3) is 0.389. The normalized spacial score (nSPS) is 10.6. The summed E-state index contributed by atoms with van der Waals surface area (Å²) in [5, 5.41) is 3.70. The monoisotopic (exact) mass is 345 g/mol. The Bertz CT molecular complexity index is 761. The lowest BCUT2D eigenvalue weighted by atomic mass is 10.0. The Labute approximate surface area is 146 Å². The lowest BCUT2D eigenvalue weighted by molar-refractivity contribution is -0.123. The van der Waals surface area contributed by atoms with Crippen LogP contribution in [0.2, 0.25) is 0 Å². The maximum atomic E-state index is 12.0. The molecule has 134 valence electrons. The second-order valence-electron chi connectivity index (χ2n) is 6.19. The highest BCUT2D eigenvalue weighted by molar-refractivity contribution is 5.97. The first-order valence-electron chi connectivity index (χ1n) is 8.05. The van der Waals surface area contributed by atoms with Crippen LogP contribution >= 0.6 is 0 Å². The van der Waals surface area contributed by atoms with Gasteiger partial charge in [0.05, 0.1) is 5.69 Å². The van der Waals surface area contributed by atoms with Crippen LogP contribution in [0.4, 0.5) is 0 Å². The van der Waals surface area contributed by atoms with Gasteiger partial charge in [-0.25, -0.2) is 0 Å². The van der Waals surface area contributed by atoms with Gasteiger partial charge in [-0.2, -0.15) is 0 Å². The first-order valence-corrected chi connectivity index (χ1v) is 8.05. The summed E-state index contributed by atoms with van der Waals surface area (Å²) in [7, 11) is 0. The van der Waals surface area contributed by atoms with Crippen molar-refractivity contribution in [3.63, 3.8) is 0 Å². The van der Waals surface area contributed by atoms with Crippen LogP contribution in [0.3, 0.4) is 0 Å². The summed E-state index contributed by atoms with van der Waals surface area (Å²) in [6, 6.07) is 5.89. The van der Waals surface area contributed by atoms with Gasteiger partial charge in [0, 0.05) is 0 Å². The van der Waals surface area contributed by atoms with Gasteiger partial charge < -0.3 is 9.26 Å². The van der Waals surface area contributed by atoms with Crippen molar-refractivity contribution < 1.29 is 18.8 Å². The van der Waals surface area contributed by atoms with Crippen molar-refractivity contribution in [2.24, 2.45) is 0 Å². The number of nitrogens with zero attached hydrogens (tertiary/aromatic N) is 1. The second kappa shape index (κ2) is 7.83. The van der Waals surface area contributed by atoms with Gasteiger partial charge in [0.25, 0.3) is 11.8 Å². The summed E-state index contributed by atoms with van der Waals surface area (Å²) in [4.78, 5) is 24.0. The molecule has 0 bridgehead atoms. The standard InChI is InChI=1S/C18H23N3O4/c1-10(2)14-7-6-11(3)8-15(14)24-9-16(22)19-20-18(23)17-12(4)21-25-13(17)5/h6-8,10H,9H2,1-5H3,(H,19,22)(H,20,23). The quantitative estimate of drug-likeness (QED) is 0.812. The van der Waals surface area contributed by atoms with E-state index in [1.165, 1.54) is 0 Å². The molecule has 7 heteroatoms. The number of aryl methyl sites for hydroxylation is 3. The number of benzene rings is 1. The smallest absolute Gasteiger partial charge is 0.276 e. The molecule has 1 aromatic heterocycles. The molecule has 0 aliphatic carbocycles. The van der Waals surface area contributed by atoms with Gasteiger partial charge in [0.15, 0.2) is 6.61 Å². The van der Waals surface area contributed by atoms with E-state index in [9.17, 15) is 9.59 Å². The van der Waals surface area contributed by atoms with E-state index in [4.69, 9.17) is 9.26 Å². The molecule has 2 rings (SSSR count). The van der Waals surface area contributed by atoms with Gasteiger partial charge in [-0.1, -0.05) is 31.1 Å². The maximum Gasteiger partial charge on any atom is 0.276 e. The van der Waals surface area contributed by atoms with E-state index in [1.54, 1.807) is 13.8 Å². The fourth-order valence-electron chi connectivity index (χ4n) is 2.42. The number of hydrogen-bond acceptors (Lipinski definition) is 5. The summed E-state index contributed by atoms with van der Waals surface area (Å²) in [5.41, 5.74) is 7.50. The van der Waals surface area contributed by atoms with Gasteiger partial charge in [-0.3, -0.25) is 20.4 Å². The third-order valence-electron chi connectivity index (χ3n) is 3.73. The Kier molecular flexibility index (Phi) is 5.80. The Hall–Kier alpha value is -2.83. The van der Waals surface area contributed by atoms with Crippen molar-refractivity contribution in [1.29, 1.82) is 0 Å². The molecule has 2 aromatic rings. The third kappa shape index (κ3) is 4.59. The van der Waals surface area contributed by atoms with Gasteiger partial charge in [0.2, 0.25) is 0 Å². The number of aromatic nitrogens is 1. The number of hydrogen-bond donors (Lipinski definition) is 2. The topological polar surface area (TPSA) is 93.5 Å². The summed E-state index contributed by atoms with van der Waals surface area (Å²) < 4.78 is 10.5. The average Bonchev–Trinajstić information content (AvgIpc) is 2.89. The minimum absolute atomic E-state index is 0.203. The fourth-order valence-corrected chi connectivity index (χ4v) is 2.42. The molecule has 2 amide bonds. The van der Waals surface area contributed by atoms with Crippen LogP contribution in [0.5, 0.6) is 5.75 Å². The van der Waals surface area contributed by atoms with E-state index in [0.717, 1.165) is 11.1 Å². The highest BCUT2D eigenvalue weighted by Gasteiger charge is 2.18. The molecule has 7 nitrogen and oxygen atoms in total. The Morgan fingerprint density at radius 3 is 2.52 bits per heavy atom. The SMILES string of the molecule is Cc1ccc(C(C)C)c(OCC(=O)NNC(=O)c2c(C)noc2C)c1. The van der Waals surface area contributed by atoms with Crippen LogP contribution in [-0.4, -0.2) is 23.6 Å². The molecule has 0 atom stereocenters. The number of carbonyl (C=O) groups is 2. The number of hydrazine groups is 1. The number of carbonyl (C=O) groups excluding carboxylic acids is 2. The number of ether oxygens (including phenoxy) is 1. The summed E-state index contributed by atoms with van der Waals surface area (Å²) in [6.07, 6.45) is 0. The number of nitrogens with one attached hydrogen (secondary N) is 2. The molecule has 0 radical (unpaired) electrons. The van der Waals surface area contributed by atoms with Crippen LogP contribution in [0.1, 0.15) is 52.7 Å². The summed E-state index contributed by atoms with van der Waals surface area (Å²) in [5.74, 6) is 0.390. The van der Waals surface area contributed by atoms with Crippen LogP contribution < -0.4 is 15.6 Å². The van der Waals surface area contributed by atoms with Gasteiger partial charge in [-0.05, 0) is 43.9 Å². The molecule has 0 saturated carbocycles. The lowest BCUT2D eigenvalue weighted by Gasteiger charge is -2.15. The van der Waals surface area contributed by atoms with Crippen LogP contribution in [0.15, 0.2) is 22.7 Å².